The smallest absolute Gasteiger partial charge is 0.238 e. The van der Waals surface area contributed by atoms with Crippen LogP contribution in [0.15, 0.2) is 60.4 Å². The number of benzene rings is 2. The first-order valence-electron chi connectivity index (χ1n) is 12.1. The second-order valence-corrected chi connectivity index (χ2v) is 11.3. The number of nitrogen functional groups attached to an aromatic ring is 1. The van der Waals surface area contributed by atoms with Gasteiger partial charge < -0.3 is 10.5 Å². The SMILES string of the molecule is Nc1c(C(=O)C2=Cc3cc(F)c(NS(=O)(=O)CCCF)cc3C2)cnn1-c1ccc(Oc2ncccc2Cl)cc1F. The maximum atomic E-state index is 15.0. The first kappa shape index (κ1) is 28.2. The van der Waals surface area contributed by atoms with Crippen molar-refractivity contribution in [3.8, 4) is 17.3 Å². The topological polar surface area (TPSA) is 129 Å². The fraction of sp³-hybridized carbons (Fsp3) is 0.148. The number of nitrogens with zero attached hydrogens (tertiary/aromatic N) is 3. The lowest BCUT2D eigenvalue weighted by Crippen LogP contribution is -2.18. The molecule has 41 heavy (non-hydrogen) atoms. The summed E-state index contributed by atoms with van der Waals surface area (Å²) < 4.78 is 74.9. The number of aromatic nitrogens is 3. The lowest BCUT2D eigenvalue weighted by atomic mass is 10.0. The van der Waals surface area contributed by atoms with Gasteiger partial charge in [-0.15, -0.1) is 0 Å². The normalized spacial score (nSPS) is 12.6. The summed E-state index contributed by atoms with van der Waals surface area (Å²) in [5.41, 5.74) is 6.97. The molecule has 0 saturated carbocycles. The van der Waals surface area contributed by atoms with E-state index in [0.29, 0.717) is 11.1 Å². The lowest BCUT2D eigenvalue weighted by molar-refractivity contribution is 0.103. The Morgan fingerprint density at radius 2 is 1.98 bits per heavy atom. The Kier molecular flexibility index (Phi) is 7.74. The van der Waals surface area contributed by atoms with Gasteiger partial charge in [0.1, 0.15) is 28.1 Å². The van der Waals surface area contributed by atoms with Gasteiger partial charge in [0.2, 0.25) is 15.9 Å². The highest BCUT2D eigenvalue weighted by Crippen LogP contribution is 2.34. The minimum absolute atomic E-state index is 0.00308. The number of nitrogens with two attached hydrogens (primary N) is 1. The number of alkyl halides is 1. The number of carbonyl (C=O) groups is 1. The van der Waals surface area contributed by atoms with E-state index in [9.17, 15) is 22.0 Å². The fourth-order valence-corrected chi connectivity index (χ4v) is 5.47. The molecule has 0 bridgehead atoms. The van der Waals surface area contributed by atoms with E-state index in [1.165, 1.54) is 36.7 Å². The van der Waals surface area contributed by atoms with Crippen LogP contribution in [0.1, 0.15) is 27.9 Å². The van der Waals surface area contributed by atoms with Gasteiger partial charge >= 0.3 is 0 Å². The lowest BCUT2D eigenvalue weighted by Gasteiger charge is -2.10. The molecule has 0 spiro atoms. The molecule has 14 heteroatoms. The van der Waals surface area contributed by atoms with Crippen molar-refractivity contribution in [3.05, 3.63) is 93.8 Å². The van der Waals surface area contributed by atoms with Crippen LogP contribution in [0.3, 0.4) is 0 Å². The molecule has 0 amide bonds. The van der Waals surface area contributed by atoms with Crippen LogP contribution in [-0.4, -0.2) is 41.4 Å². The van der Waals surface area contributed by atoms with Crippen molar-refractivity contribution in [1.29, 1.82) is 0 Å². The van der Waals surface area contributed by atoms with Crippen LogP contribution in [-0.2, 0) is 16.4 Å². The maximum Gasteiger partial charge on any atom is 0.238 e. The molecule has 0 saturated heterocycles. The van der Waals surface area contributed by atoms with E-state index in [-0.39, 0.29) is 57.8 Å². The zero-order valence-electron chi connectivity index (χ0n) is 21.1. The number of pyridine rings is 1. The number of rotatable bonds is 10. The maximum absolute atomic E-state index is 15.0. The van der Waals surface area contributed by atoms with Crippen LogP contribution in [0, 0.1) is 11.6 Å². The standard InChI is InChI=1S/C27H21ClF3N5O4S/c28-20-3-1-7-33-27(20)40-18-4-5-24(22(31)13-18)36-26(32)19(14-34-36)25(37)17-9-15-11-21(30)23(12-16(15)10-17)35-41(38,39)8-2-6-29/h1,3-5,7,9,11-14,35H,2,6,8,10,32H2. The monoisotopic (exact) mass is 603 g/mol. The molecule has 0 atom stereocenters. The van der Waals surface area contributed by atoms with E-state index < -0.39 is 39.9 Å². The van der Waals surface area contributed by atoms with Crippen LogP contribution in [0.5, 0.6) is 11.6 Å². The van der Waals surface area contributed by atoms with Gasteiger partial charge in [-0.2, -0.15) is 5.10 Å². The Hall–Kier alpha value is -4.36. The van der Waals surface area contributed by atoms with Gasteiger partial charge in [0.15, 0.2) is 11.6 Å². The molecular formula is C27H21ClF3N5O4S. The van der Waals surface area contributed by atoms with Gasteiger partial charge in [0, 0.05) is 24.3 Å². The molecule has 0 radical (unpaired) electrons. The van der Waals surface area contributed by atoms with Gasteiger partial charge in [-0.1, -0.05) is 11.6 Å². The van der Waals surface area contributed by atoms with E-state index in [4.69, 9.17) is 22.1 Å². The van der Waals surface area contributed by atoms with Gasteiger partial charge in [0.25, 0.3) is 0 Å². The quantitative estimate of drug-likeness (QED) is 0.229. The van der Waals surface area contributed by atoms with Crippen molar-refractivity contribution in [1.82, 2.24) is 14.8 Å². The molecule has 1 aliphatic carbocycles. The summed E-state index contributed by atoms with van der Waals surface area (Å²) in [5, 5.41) is 4.32. The van der Waals surface area contributed by atoms with E-state index >= 15 is 4.39 Å². The van der Waals surface area contributed by atoms with E-state index in [1.807, 2.05) is 0 Å². The summed E-state index contributed by atoms with van der Waals surface area (Å²) in [6, 6.07) is 9.51. The van der Waals surface area contributed by atoms with Crippen molar-refractivity contribution in [2.24, 2.45) is 0 Å². The van der Waals surface area contributed by atoms with Crippen LogP contribution in [0.4, 0.5) is 24.7 Å². The number of ketones is 1. The summed E-state index contributed by atoms with van der Waals surface area (Å²) in [5.74, 6) is -2.51. The molecule has 3 N–H and O–H groups in total. The molecular weight excluding hydrogens is 583 g/mol. The Morgan fingerprint density at radius 1 is 1.17 bits per heavy atom. The van der Waals surface area contributed by atoms with Gasteiger partial charge in [-0.05, 0) is 60.0 Å². The third-order valence-electron chi connectivity index (χ3n) is 6.18. The van der Waals surface area contributed by atoms with Crippen molar-refractivity contribution in [2.45, 2.75) is 12.8 Å². The van der Waals surface area contributed by atoms with E-state index in [1.54, 1.807) is 12.1 Å². The molecule has 4 aromatic rings. The van der Waals surface area contributed by atoms with E-state index in [2.05, 4.69) is 14.8 Å². The number of carbonyl (C=O) groups excluding carboxylic acids is 1. The largest absolute Gasteiger partial charge is 0.437 e. The Balaban J connectivity index is 1.34. The Morgan fingerprint density at radius 3 is 2.71 bits per heavy atom. The summed E-state index contributed by atoms with van der Waals surface area (Å²) in [7, 11) is -3.95. The number of hydrogen-bond donors (Lipinski definition) is 2. The van der Waals surface area contributed by atoms with Gasteiger partial charge in [0.05, 0.1) is 29.9 Å². The minimum Gasteiger partial charge on any atom is -0.437 e. The average molecular weight is 604 g/mol. The third-order valence-corrected chi connectivity index (χ3v) is 7.83. The number of Topliss-reactive ketones (excluding diaryl/α,β-unsaturated/α-hetero) is 1. The number of hydrogen-bond acceptors (Lipinski definition) is 7. The minimum atomic E-state index is -3.95. The Bertz CT molecular complexity index is 1810. The summed E-state index contributed by atoms with van der Waals surface area (Å²) in [6.07, 6.45) is 3.98. The van der Waals surface area contributed by atoms with Crippen molar-refractivity contribution < 1.29 is 31.1 Å². The second kappa shape index (κ2) is 11.3. The number of allylic oxidation sites excluding steroid dienone is 1. The average Bonchev–Trinajstić information content (AvgIpc) is 3.51. The summed E-state index contributed by atoms with van der Waals surface area (Å²) >= 11 is 6.03. The first-order chi connectivity index (χ1) is 19.6. The van der Waals surface area contributed by atoms with Crippen LogP contribution < -0.4 is 15.2 Å². The summed E-state index contributed by atoms with van der Waals surface area (Å²) in [6.45, 7) is -0.823. The highest BCUT2D eigenvalue weighted by Gasteiger charge is 2.26. The molecule has 0 fully saturated rings. The van der Waals surface area contributed by atoms with Crippen molar-refractivity contribution in [2.75, 3.05) is 22.9 Å². The van der Waals surface area contributed by atoms with Crippen LogP contribution >= 0.6 is 11.6 Å². The number of ether oxygens (including phenoxy) is 1. The molecule has 9 nitrogen and oxygen atoms in total. The van der Waals surface area contributed by atoms with Crippen LogP contribution in [0.25, 0.3) is 11.8 Å². The molecule has 212 valence electrons. The predicted molar refractivity (Wildman–Crippen MR) is 148 cm³/mol. The summed E-state index contributed by atoms with van der Waals surface area (Å²) in [4.78, 5) is 17.3. The number of anilines is 2. The van der Waals surface area contributed by atoms with Gasteiger partial charge in [-0.25, -0.2) is 26.9 Å². The number of nitrogens with one attached hydrogen (secondary N) is 1. The Labute approximate surface area is 237 Å². The van der Waals surface area contributed by atoms with Gasteiger partial charge in [-0.3, -0.25) is 13.9 Å². The molecule has 1 aliphatic rings. The zero-order chi connectivity index (χ0) is 29.3. The number of sulfonamides is 1. The molecule has 2 heterocycles. The van der Waals surface area contributed by atoms with Crippen LogP contribution in [0.2, 0.25) is 5.02 Å². The number of fused-ring (bicyclic) bond motifs is 1. The molecule has 5 rings (SSSR count). The van der Waals surface area contributed by atoms with Crippen molar-refractivity contribution in [3.63, 3.8) is 0 Å². The highest BCUT2D eigenvalue weighted by atomic mass is 35.5. The number of halogens is 4. The first-order valence-corrected chi connectivity index (χ1v) is 14.2. The third kappa shape index (κ3) is 5.91. The van der Waals surface area contributed by atoms with Crippen molar-refractivity contribution >= 4 is 45.0 Å². The van der Waals surface area contributed by atoms with E-state index in [0.717, 1.165) is 16.8 Å². The fourth-order valence-electron chi connectivity index (χ4n) is 4.23. The molecule has 2 aromatic heterocycles. The molecule has 0 unspecified atom stereocenters. The molecule has 2 aromatic carbocycles. The predicted octanol–water partition coefficient (Wildman–Crippen LogP) is 5.50. The zero-order valence-corrected chi connectivity index (χ0v) is 22.6. The second-order valence-electron chi connectivity index (χ2n) is 9.03. The molecule has 0 aliphatic heterocycles. The highest BCUT2D eigenvalue weighted by molar-refractivity contribution is 7.92.